The van der Waals surface area contributed by atoms with E-state index >= 15 is 0 Å². The Bertz CT molecular complexity index is 2120. The van der Waals surface area contributed by atoms with E-state index in [2.05, 4.69) is 133 Å². The summed E-state index contributed by atoms with van der Waals surface area (Å²) in [6, 6.07) is 50.1. The molecule has 0 radical (unpaired) electrons. The van der Waals surface area contributed by atoms with Gasteiger partial charge in [-0.25, -0.2) is 4.98 Å². The van der Waals surface area contributed by atoms with Crippen molar-refractivity contribution < 1.29 is 4.74 Å². The third-order valence-electron chi connectivity index (χ3n) is 9.59. The van der Waals surface area contributed by atoms with Gasteiger partial charge >= 0.3 is 0 Å². The molecule has 2 aromatic heterocycles. The molecule has 0 N–H and O–H groups in total. The summed E-state index contributed by atoms with van der Waals surface area (Å²) in [6.45, 7) is 3.53. The van der Waals surface area contributed by atoms with E-state index in [1.165, 1.54) is 5.56 Å². The van der Waals surface area contributed by atoms with E-state index in [4.69, 9.17) is 25.1 Å². The van der Waals surface area contributed by atoms with E-state index in [9.17, 15) is 0 Å². The first-order valence-corrected chi connectivity index (χ1v) is 17.1. The highest BCUT2D eigenvalue weighted by Crippen LogP contribution is 2.40. The van der Waals surface area contributed by atoms with Crippen molar-refractivity contribution in [3.8, 4) is 28.3 Å². The quantitative estimate of drug-likeness (QED) is 0.145. The molecule has 8 rings (SSSR count). The van der Waals surface area contributed by atoms with Crippen LogP contribution in [0.1, 0.15) is 39.9 Å². The van der Waals surface area contributed by atoms with Crippen molar-refractivity contribution in [2.75, 3.05) is 18.5 Å². The average molecular weight is 655 g/mol. The maximum atomic E-state index is 6.40. The number of aryl methyl sites for hydroxylation is 1. The summed E-state index contributed by atoms with van der Waals surface area (Å²) in [4.78, 5) is 8.78. The molecule has 0 atom stereocenters. The molecule has 0 fully saturated rings. The predicted octanol–water partition coefficient (Wildman–Crippen LogP) is 8.51. The van der Waals surface area contributed by atoms with Crippen LogP contribution in [0.5, 0.6) is 5.75 Å². The standard InChI is InChI=1S/C43H38N6O/c1-31-29-40(39-23-14-28-48(2)42(39)44-31)50-30-32-24-26-33(27-25-32)37-21-12-13-22-38(37)41-45-47-49(46-41)43(34-15-6-3-7-16-34,35-17-8-4-9-18-35)36-19-10-5-11-20-36/h3-13,15-22,24-27,29H,14,23,28,30H2,1-2H3. The smallest absolute Gasteiger partial charge is 0.205 e. The fourth-order valence-electron chi connectivity index (χ4n) is 7.15. The Morgan fingerprint density at radius 3 is 1.90 bits per heavy atom. The van der Waals surface area contributed by atoms with Gasteiger partial charge in [0.15, 0.2) is 5.54 Å². The first-order chi connectivity index (χ1) is 24.6. The van der Waals surface area contributed by atoms with Crippen LogP contribution in [-0.4, -0.2) is 38.8 Å². The number of anilines is 1. The average Bonchev–Trinajstić information content (AvgIpc) is 3.67. The van der Waals surface area contributed by atoms with Gasteiger partial charge in [-0.05, 0) is 58.4 Å². The molecular weight excluding hydrogens is 617 g/mol. The van der Waals surface area contributed by atoms with Gasteiger partial charge in [-0.15, -0.1) is 15.0 Å². The molecule has 0 spiro atoms. The lowest BCUT2D eigenvalue weighted by Gasteiger charge is -2.34. The summed E-state index contributed by atoms with van der Waals surface area (Å²) < 4.78 is 6.40. The molecule has 0 saturated heterocycles. The summed E-state index contributed by atoms with van der Waals surface area (Å²) in [6.07, 6.45) is 2.09. The Labute approximate surface area is 292 Å². The Balaban J connectivity index is 1.13. The van der Waals surface area contributed by atoms with E-state index in [1.807, 2.05) is 31.2 Å². The van der Waals surface area contributed by atoms with Gasteiger partial charge in [0.1, 0.15) is 18.2 Å². The van der Waals surface area contributed by atoms with Crippen molar-refractivity contribution in [3.05, 3.63) is 179 Å². The second kappa shape index (κ2) is 13.4. The molecule has 246 valence electrons. The van der Waals surface area contributed by atoms with E-state index in [-0.39, 0.29) is 0 Å². The van der Waals surface area contributed by atoms with Gasteiger partial charge in [-0.3, -0.25) is 0 Å². The van der Waals surface area contributed by atoms with Crippen LogP contribution in [-0.2, 0) is 18.6 Å². The molecule has 0 amide bonds. The van der Waals surface area contributed by atoms with E-state index < -0.39 is 5.54 Å². The topological polar surface area (TPSA) is 69.0 Å². The summed E-state index contributed by atoms with van der Waals surface area (Å²) in [7, 11) is 2.10. The summed E-state index contributed by atoms with van der Waals surface area (Å²) in [5.41, 5.74) is 8.57. The van der Waals surface area contributed by atoms with Crippen LogP contribution in [0.4, 0.5) is 5.82 Å². The van der Waals surface area contributed by atoms with Crippen LogP contribution in [0, 0.1) is 6.92 Å². The molecular formula is C43H38N6O. The second-order valence-electron chi connectivity index (χ2n) is 12.8. The Morgan fingerprint density at radius 2 is 1.28 bits per heavy atom. The number of fused-ring (bicyclic) bond motifs is 1. The largest absolute Gasteiger partial charge is 0.488 e. The number of rotatable bonds is 9. The number of nitrogens with zero attached hydrogens (tertiary/aromatic N) is 6. The van der Waals surface area contributed by atoms with Gasteiger partial charge in [0.2, 0.25) is 5.82 Å². The molecule has 1 aliphatic rings. The van der Waals surface area contributed by atoms with Crippen LogP contribution in [0.3, 0.4) is 0 Å². The molecule has 0 unspecified atom stereocenters. The molecule has 7 aromatic rings. The molecule has 3 heterocycles. The van der Waals surface area contributed by atoms with Gasteiger partial charge < -0.3 is 9.64 Å². The van der Waals surface area contributed by atoms with Crippen molar-refractivity contribution >= 4 is 5.82 Å². The number of aromatic nitrogens is 5. The summed E-state index contributed by atoms with van der Waals surface area (Å²) in [5, 5.41) is 14.6. The minimum Gasteiger partial charge on any atom is -0.488 e. The van der Waals surface area contributed by atoms with E-state index in [1.54, 1.807) is 4.80 Å². The lowest BCUT2D eigenvalue weighted by atomic mass is 9.77. The maximum absolute atomic E-state index is 6.40. The molecule has 0 bridgehead atoms. The monoisotopic (exact) mass is 654 g/mol. The van der Waals surface area contributed by atoms with Crippen LogP contribution in [0.2, 0.25) is 0 Å². The first kappa shape index (κ1) is 31.2. The normalized spacial score (nSPS) is 12.8. The Morgan fingerprint density at radius 1 is 0.700 bits per heavy atom. The number of hydrogen-bond donors (Lipinski definition) is 0. The van der Waals surface area contributed by atoms with Crippen molar-refractivity contribution in [1.29, 1.82) is 0 Å². The highest BCUT2D eigenvalue weighted by molar-refractivity contribution is 5.80. The summed E-state index contributed by atoms with van der Waals surface area (Å²) >= 11 is 0. The molecule has 0 saturated carbocycles. The molecule has 7 nitrogen and oxygen atoms in total. The number of tetrazole rings is 1. The van der Waals surface area contributed by atoms with Crippen LogP contribution in [0.25, 0.3) is 22.5 Å². The van der Waals surface area contributed by atoms with Crippen molar-refractivity contribution in [1.82, 2.24) is 25.2 Å². The molecule has 50 heavy (non-hydrogen) atoms. The summed E-state index contributed by atoms with van der Waals surface area (Å²) in [5.74, 6) is 2.53. The molecule has 7 heteroatoms. The molecule has 5 aromatic carbocycles. The van der Waals surface area contributed by atoms with Gasteiger partial charge in [0.25, 0.3) is 0 Å². The van der Waals surface area contributed by atoms with Gasteiger partial charge in [0, 0.05) is 36.5 Å². The van der Waals surface area contributed by atoms with Crippen LogP contribution in [0.15, 0.2) is 146 Å². The van der Waals surface area contributed by atoms with Crippen LogP contribution < -0.4 is 9.64 Å². The van der Waals surface area contributed by atoms with Crippen molar-refractivity contribution in [2.45, 2.75) is 31.9 Å². The number of pyridine rings is 1. The van der Waals surface area contributed by atoms with Crippen LogP contribution >= 0.6 is 0 Å². The first-order valence-electron chi connectivity index (χ1n) is 17.1. The molecule has 1 aliphatic heterocycles. The van der Waals surface area contributed by atoms with Gasteiger partial charge in [-0.2, -0.15) is 0 Å². The highest BCUT2D eigenvalue weighted by Gasteiger charge is 2.41. The Hall–Kier alpha value is -6.08. The fraction of sp³-hybridized carbons (Fsp3) is 0.163. The maximum Gasteiger partial charge on any atom is 0.205 e. The number of ether oxygens (including phenoxy) is 1. The number of benzene rings is 5. The fourth-order valence-corrected chi connectivity index (χ4v) is 7.15. The van der Waals surface area contributed by atoms with Crippen molar-refractivity contribution in [3.63, 3.8) is 0 Å². The molecule has 0 aliphatic carbocycles. The van der Waals surface area contributed by atoms with Crippen molar-refractivity contribution in [2.24, 2.45) is 0 Å². The SMILES string of the molecule is Cc1cc(OCc2ccc(-c3ccccc3-c3nnn(C(c4ccccc4)(c4ccccc4)c4ccccc4)n3)cc2)c2c(n1)N(C)CCC2. The third kappa shape index (κ3) is 5.71. The van der Waals surface area contributed by atoms with Gasteiger partial charge in [-0.1, -0.05) is 140 Å². The lowest BCUT2D eigenvalue weighted by Crippen LogP contribution is -2.39. The third-order valence-corrected chi connectivity index (χ3v) is 9.59. The second-order valence-corrected chi connectivity index (χ2v) is 12.8. The highest BCUT2D eigenvalue weighted by atomic mass is 16.5. The number of hydrogen-bond acceptors (Lipinski definition) is 6. The Kier molecular flexibility index (Phi) is 8.39. The minimum atomic E-state index is -0.840. The zero-order chi connectivity index (χ0) is 33.9. The minimum absolute atomic E-state index is 0.484. The zero-order valence-electron chi connectivity index (χ0n) is 28.3. The van der Waals surface area contributed by atoms with E-state index in [0.717, 1.165) is 75.6 Å². The van der Waals surface area contributed by atoms with Gasteiger partial charge in [0.05, 0.1) is 0 Å². The predicted molar refractivity (Wildman–Crippen MR) is 198 cm³/mol. The zero-order valence-corrected chi connectivity index (χ0v) is 28.3. The lowest BCUT2D eigenvalue weighted by molar-refractivity contribution is 0.301. The van der Waals surface area contributed by atoms with E-state index in [0.29, 0.717) is 12.4 Å².